The molecule has 298 valence electrons. The predicted octanol–water partition coefficient (Wildman–Crippen LogP) is 9.30. The highest BCUT2D eigenvalue weighted by Gasteiger charge is 2.25. The second-order valence-electron chi connectivity index (χ2n) is 14.5. The lowest BCUT2D eigenvalue weighted by atomic mass is 10.1. The molecule has 0 N–H and O–H groups in total. The van der Waals surface area contributed by atoms with Gasteiger partial charge in [0.2, 0.25) is 0 Å². The Bertz CT molecular complexity index is 1040. The van der Waals surface area contributed by atoms with Crippen LogP contribution in [0.5, 0.6) is 0 Å². The zero-order valence-corrected chi connectivity index (χ0v) is 33.7. The van der Waals surface area contributed by atoms with Crippen molar-refractivity contribution in [3.8, 4) is 0 Å². The summed E-state index contributed by atoms with van der Waals surface area (Å²) < 4.78 is 17.0. The lowest BCUT2D eigenvalue weighted by molar-refractivity contribution is -0.889. The van der Waals surface area contributed by atoms with Crippen LogP contribution in [0.1, 0.15) is 149 Å². The molecule has 8 nitrogen and oxygen atoms in total. The van der Waals surface area contributed by atoms with E-state index in [2.05, 4.69) is 74.6 Å². The number of carboxylic acids is 1. The van der Waals surface area contributed by atoms with Gasteiger partial charge in [0.15, 0.2) is 6.10 Å². The molecule has 0 fully saturated rings. The van der Waals surface area contributed by atoms with Crippen LogP contribution in [0.25, 0.3) is 0 Å². The molecule has 0 aliphatic heterocycles. The predicted molar refractivity (Wildman–Crippen MR) is 212 cm³/mol. The highest BCUT2D eigenvalue weighted by Crippen LogP contribution is 2.11. The van der Waals surface area contributed by atoms with Crippen molar-refractivity contribution in [2.75, 3.05) is 41.0 Å². The van der Waals surface area contributed by atoms with Gasteiger partial charge in [-0.3, -0.25) is 9.59 Å². The van der Waals surface area contributed by atoms with E-state index in [0.717, 1.165) is 51.4 Å². The van der Waals surface area contributed by atoms with Crippen LogP contribution < -0.4 is 5.11 Å². The van der Waals surface area contributed by atoms with Gasteiger partial charge in [0, 0.05) is 19.3 Å². The van der Waals surface area contributed by atoms with Crippen molar-refractivity contribution in [1.82, 2.24) is 0 Å². The summed E-state index contributed by atoms with van der Waals surface area (Å²) in [6, 6.07) is -0.739. The number of nitrogens with zero attached hydrogens (tertiary/aromatic N) is 1. The van der Waals surface area contributed by atoms with Gasteiger partial charge in [-0.2, -0.15) is 0 Å². The largest absolute Gasteiger partial charge is 0.544 e. The molecule has 0 aromatic carbocycles. The van der Waals surface area contributed by atoms with E-state index in [9.17, 15) is 19.5 Å². The molecule has 0 radical (unpaired) electrons. The number of allylic oxidation sites excluding steroid dienone is 10. The third-order valence-electron chi connectivity index (χ3n) is 8.65. The third-order valence-corrected chi connectivity index (χ3v) is 8.65. The number of ether oxygens (including phenoxy) is 3. The normalized spacial score (nSPS) is 13.6. The Morgan fingerprint density at radius 1 is 0.596 bits per heavy atom. The van der Waals surface area contributed by atoms with Gasteiger partial charge in [-0.05, 0) is 64.2 Å². The summed E-state index contributed by atoms with van der Waals surface area (Å²) in [5.41, 5.74) is 0. The quantitative estimate of drug-likeness (QED) is 0.0211. The smallest absolute Gasteiger partial charge is 0.306 e. The van der Waals surface area contributed by atoms with Crippen LogP contribution in [0.15, 0.2) is 60.8 Å². The average Bonchev–Trinajstić information content (AvgIpc) is 3.09. The number of aliphatic carboxylic acids is 1. The number of quaternary nitrogens is 1. The fourth-order valence-electron chi connectivity index (χ4n) is 5.41. The first-order chi connectivity index (χ1) is 25.1. The molecule has 0 heterocycles. The maximum Gasteiger partial charge on any atom is 0.306 e. The highest BCUT2D eigenvalue weighted by molar-refractivity contribution is 5.70. The van der Waals surface area contributed by atoms with Gasteiger partial charge in [0.25, 0.3) is 0 Å². The van der Waals surface area contributed by atoms with Gasteiger partial charge in [-0.1, -0.05) is 126 Å². The lowest BCUT2D eigenvalue weighted by Crippen LogP contribution is -2.55. The number of carbonyl (C=O) groups is 3. The van der Waals surface area contributed by atoms with E-state index in [1.807, 2.05) is 0 Å². The van der Waals surface area contributed by atoms with Gasteiger partial charge >= 0.3 is 11.9 Å². The number of esters is 2. The second kappa shape index (κ2) is 35.1. The minimum Gasteiger partial charge on any atom is -0.544 e. The molecule has 8 heteroatoms. The van der Waals surface area contributed by atoms with Crippen LogP contribution in [-0.2, 0) is 28.6 Å². The number of rotatable bonds is 35. The van der Waals surface area contributed by atoms with Crippen molar-refractivity contribution in [2.24, 2.45) is 0 Å². The van der Waals surface area contributed by atoms with Crippen molar-refractivity contribution < 1.29 is 38.2 Å². The van der Waals surface area contributed by atoms with E-state index in [-0.39, 0.29) is 49.1 Å². The maximum atomic E-state index is 12.6. The molecular weight excluding hydrogens is 654 g/mol. The maximum absolute atomic E-state index is 12.6. The molecule has 0 aromatic rings. The molecular formula is C44H75NO7. The summed E-state index contributed by atoms with van der Waals surface area (Å²) in [6.45, 7) is 4.49. The Kier molecular flexibility index (Phi) is 33.1. The van der Waals surface area contributed by atoms with Gasteiger partial charge in [-0.25, -0.2) is 0 Å². The number of carbonyl (C=O) groups excluding carboxylic acids is 3. The van der Waals surface area contributed by atoms with Gasteiger partial charge < -0.3 is 28.6 Å². The zero-order chi connectivity index (χ0) is 38.5. The van der Waals surface area contributed by atoms with Crippen LogP contribution in [0.3, 0.4) is 0 Å². The third kappa shape index (κ3) is 32.9. The molecule has 0 amide bonds. The van der Waals surface area contributed by atoms with Crippen LogP contribution in [-0.4, -0.2) is 75.5 Å². The standard InChI is InChI=1S/C44H75NO7/c1-6-8-10-12-14-16-18-19-20-21-22-23-25-27-29-31-33-35-43(47)52-40(38-50-37-36-41(44(48)49)45(3,4)5)39-51-42(46)34-32-30-28-26-24-17-15-13-11-9-7-2/h13,15,17,19-20,22-24,27,29,40-41H,6-12,14,16,18,21,25-26,28,30-39H2,1-5H3/b15-13+,20-19+,23-22+,24-17+,29-27+. The van der Waals surface area contributed by atoms with Crippen molar-refractivity contribution in [1.29, 1.82) is 0 Å². The van der Waals surface area contributed by atoms with Crippen molar-refractivity contribution in [2.45, 2.75) is 161 Å². The molecule has 0 rings (SSSR count). The summed E-state index contributed by atoms with van der Waals surface area (Å²) in [4.78, 5) is 36.7. The minimum atomic E-state index is -1.14. The summed E-state index contributed by atoms with van der Waals surface area (Å²) in [5.74, 6) is -1.85. The van der Waals surface area contributed by atoms with E-state index in [0.29, 0.717) is 12.8 Å². The molecule has 0 saturated heterocycles. The number of hydrogen-bond acceptors (Lipinski definition) is 7. The molecule has 0 aliphatic rings. The minimum absolute atomic E-state index is 0.00955. The molecule has 52 heavy (non-hydrogen) atoms. The topological polar surface area (TPSA) is 102 Å². The SMILES string of the molecule is CCCC/C=C/C=C/CCCCCC(=O)OCC(COCCC(C(=O)[O-])[N+](C)(C)C)OC(=O)CCC/C=C/C/C=C/C/C=C/CCCCCCCC. The molecule has 0 aliphatic carbocycles. The number of unbranched alkanes of at least 4 members (excludes halogenated alkanes) is 12. The van der Waals surface area contributed by atoms with Crippen molar-refractivity contribution in [3.05, 3.63) is 60.8 Å². The first-order valence-corrected chi connectivity index (χ1v) is 20.3. The summed E-state index contributed by atoms with van der Waals surface area (Å²) in [7, 11) is 5.37. The summed E-state index contributed by atoms with van der Waals surface area (Å²) in [5, 5.41) is 11.6. The number of hydrogen-bond donors (Lipinski definition) is 0. The van der Waals surface area contributed by atoms with E-state index in [1.165, 1.54) is 57.8 Å². The lowest BCUT2D eigenvalue weighted by Gasteiger charge is -2.34. The summed E-state index contributed by atoms with van der Waals surface area (Å²) >= 11 is 0. The van der Waals surface area contributed by atoms with Crippen molar-refractivity contribution in [3.63, 3.8) is 0 Å². The van der Waals surface area contributed by atoms with E-state index >= 15 is 0 Å². The monoisotopic (exact) mass is 730 g/mol. The zero-order valence-electron chi connectivity index (χ0n) is 33.7. The Morgan fingerprint density at radius 3 is 1.73 bits per heavy atom. The first-order valence-electron chi connectivity index (χ1n) is 20.3. The van der Waals surface area contributed by atoms with Crippen LogP contribution in [0, 0.1) is 0 Å². The molecule has 2 atom stereocenters. The molecule has 0 aromatic heterocycles. The fourth-order valence-corrected chi connectivity index (χ4v) is 5.41. The Morgan fingerprint density at radius 2 is 1.12 bits per heavy atom. The van der Waals surface area contributed by atoms with Crippen molar-refractivity contribution >= 4 is 17.9 Å². The Labute approximate surface area is 318 Å². The van der Waals surface area contributed by atoms with Gasteiger partial charge in [0.05, 0.1) is 40.3 Å². The fraction of sp³-hybridized carbons (Fsp3) is 0.705. The molecule has 0 saturated carbocycles. The Balaban J connectivity index is 4.52. The van der Waals surface area contributed by atoms with Crippen LogP contribution in [0.2, 0.25) is 0 Å². The van der Waals surface area contributed by atoms with E-state index < -0.39 is 18.1 Å². The van der Waals surface area contributed by atoms with E-state index in [4.69, 9.17) is 14.2 Å². The molecule has 2 unspecified atom stereocenters. The molecule has 0 spiro atoms. The van der Waals surface area contributed by atoms with Gasteiger partial charge in [-0.15, -0.1) is 0 Å². The average molecular weight is 730 g/mol. The van der Waals surface area contributed by atoms with Gasteiger partial charge in [0.1, 0.15) is 12.6 Å². The first kappa shape index (κ1) is 49.0. The summed E-state index contributed by atoms with van der Waals surface area (Å²) in [6.07, 6.45) is 41.1. The number of carboxylic acid groups (broad SMARTS) is 1. The molecule has 0 bridgehead atoms. The van der Waals surface area contributed by atoms with Crippen LogP contribution in [0.4, 0.5) is 0 Å². The number of likely N-dealkylation sites (N-methyl/N-ethyl adjacent to an activating group) is 1. The second-order valence-corrected chi connectivity index (χ2v) is 14.5. The Hall–Kier alpha value is -2.97. The van der Waals surface area contributed by atoms with Crippen LogP contribution >= 0.6 is 0 Å². The van der Waals surface area contributed by atoms with E-state index in [1.54, 1.807) is 21.1 Å². The highest BCUT2D eigenvalue weighted by atomic mass is 16.6.